The number of hydrogen-bond donors (Lipinski definition) is 1. The Labute approximate surface area is 119 Å². The van der Waals surface area contributed by atoms with Gasteiger partial charge in [0, 0.05) is 25.5 Å². The average Bonchev–Trinajstić information content (AvgIpc) is 2.37. The molecule has 0 radical (unpaired) electrons. The predicted molar refractivity (Wildman–Crippen MR) is 79.8 cm³/mol. The van der Waals surface area contributed by atoms with Crippen molar-refractivity contribution < 1.29 is 17.9 Å². The van der Waals surface area contributed by atoms with E-state index in [9.17, 15) is 13.2 Å². The van der Waals surface area contributed by atoms with Gasteiger partial charge in [-0.05, 0) is 18.2 Å². The SMILES string of the molecule is CCS(=O)(=O)CCOC(=O)c1cc(N)ccc1N(C)C. The Balaban J connectivity index is 2.80. The maximum atomic E-state index is 12.0. The van der Waals surface area contributed by atoms with E-state index in [1.807, 2.05) is 0 Å². The van der Waals surface area contributed by atoms with Crippen LogP contribution in [0.3, 0.4) is 0 Å². The van der Waals surface area contributed by atoms with E-state index < -0.39 is 15.8 Å². The molecule has 0 aliphatic heterocycles. The maximum absolute atomic E-state index is 12.0. The van der Waals surface area contributed by atoms with Crippen molar-refractivity contribution in [3.05, 3.63) is 23.8 Å². The standard InChI is InChI=1S/C13H20N2O4S/c1-4-20(17,18)8-7-19-13(16)11-9-10(14)5-6-12(11)15(2)3/h5-6,9H,4,7-8,14H2,1-3H3. The number of sulfone groups is 1. The summed E-state index contributed by atoms with van der Waals surface area (Å²) in [6.45, 7) is 1.40. The van der Waals surface area contributed by atoms with E-state index in [0.29, 0.717) is 16.9 Å². The lowest BCUT2D eigenvalue weighted by atomic mass is 10.1. The molecule has 0 aliphatic rings. The smallest absolute Gasteiger partial charge is 0.340 e. The molecule has 0 aromatic heterocycles. The third-order valence-corrected chi connectivity index (χ3v) is 4.46. The van der Waals surface area contributed by atoms with Gasteiger partial charge in [-0.15, -0.1) is 0 Å². The summed E-state index contributed by atoms with van der Waals surface area (Å²) in [6.07, 6.45) is 0. The quantitative estimate of drug-likeness (QED) is 0.621. The molecule has 1 aromatic carbocycles. The first-order valence-electron chi connectivity index (χ1n) is 6.21. The number of nitrogen functional groups attached to an aromatic ring is 1. The topological polar surface area (TPSA) is 89.7 Å². The number of ether oxygens (including phenoxy) is 1. The van der Waals surface area contributed by atoms with E-state index in [0.717, 1.165) is 0 Å². The third kappa shape index (κ3) is 4.41. The molecule has 6 nitrogen and oxygen atoms in total. The molecular weight excluding hydrogens is 280 g/mol. The molecule has 112 valence electrons. The second kappa shape index (κ2) is 6.60. The van der Waals surface area contributed by atoms with E-state index in [2.05, 4.69) is 0 Å². The molecule has 7 heteroatoms. The Morgan fingerprint density at radius 2 is 2.00 bits per heavy atom. The molecule has 2 N–H and O–H groups in total. The van der Waals surface area contributed by atoms with Gasteiger partial charge in [0.1, 0.15) is 6.61 Å². The first kappa shape index (κ1) is 16.3. The molecule has 0 fully saturated rings. The molecule has 1 rings (SSSR count). The summed E-state index contributed by atoms with van der Waals surface area (Å²) in [6, 6.07) is 4.92. The van der Waals surface area contributed by atoms with Crippen LogP contribution in [0.5, 0.6) is 0 Å². The van der Waals surface area contributed by atoms with E-state index in [1.54, 1.807) is 38.1 Å². The highest BCUT2D eigenvalue weighted by atomic mass is 32.2. The van der Waals surface area contributed by atoms with Gasteiger partial charge in [-0.25, -0.2) is 13.2 Å². The van der Waals surface area contributed by atoms with Gasteiger partial charge in [-0.1, -0.05) is 6.92 Å². The van der Waals surface area contributed by atoms with Crippen LogP contribution in [0.25, 0.3) is 0 Å². The number of hydrogen-bond acceptors (Lipinski definition) is 6. The zero-order valence-corrected chi connectivity index (χ0v) is 12.7. The maximum Gasteiger partial charge on any atom is 0.340 e. The van der Waals surface area contributed by atoms with Crippen LogP contribution in [0, 0.1) is 0 Å². The van der Waals surface area contributed by atoms with Crippen LogP contribution in [0.2, 0.25) is 0 Å². The highest BCUT2D eigenvalue weighted by molar-refractivity contribution is 7.91. The lowest BCUT2D eigenvalue weighted by Gasteiger charge is -2.17. The van der Waals surface area contributed by atoms with Gasteiger partial charge < -0.3 is 15.4 Å². The number of esters is 1. The van der Waals surface area contributed by atoms with Crippen molar-refractivity contribution in [2.45, 2.75) is 6.92 Å². The van der Waals surface area contributed by atoms with Crippen molar-refractivity contribution in [3.8, 4) is 0 Å². The fraction of sp³-hybridized carbons (Fsp3) is 0.462. The molecule has 0 atom stereocenters. The minimum absolute atomic E-state index is 0.0335. The number of anilines is 2. The zero-order valence-electron chi connectivity index (χ0n) is 11.9. The zero-order chi connectivity index (χ0) is 15.3. The molecule has 0 aliphatic carbocycles. The van der Waals surface area contributed by atoms with Crippen LogP contribution in [0.15, 0.2) is 18.2 Å². The van der Waals surface area contributed by atoms with Gasteiger partial charge in [-0.3, -0.25) is 0 Å². The number of benzene rings is 1. The first-order valence-corrected chi connectivity index (χ1v) is 8.03. The molecule has 0 amide bonds. The van der Waals surface area contributed by atoms with Gasteiger partial charge in [0.05, 0.1) is 17.0 Å². The van der Waals surface area contributed by atoms with Crippen LogP contribution in [-0.4, -0.2) is 46.6 Å². The summed E-state index contributed by atoms with van der Waals surface area (Å²) in [7, 11) is 0.447. The fourth-order valence-corrected chi connectivity index (χ4v) is 2.22. The van der Waals surface area contributed by atoms with Crippen molar-refractivity contribution in [1.82, 2.24) is 0 Å². The van der Waals surface area contributed by atoms with Crippen LogP contribution < -0.4 is 10.6 Å². The average molecular weight is 300 g/mol. The largest absolute Gasteiger partial charge is 0.461 e. The van der Waals surface area contributed by atoms with Crippen molar-refractivity contribution in [2.75, 3.05) is 42.8 Å². The summed E-state index contributed by atoms with van der Waals surface area (Å²) in [5, 5.41) is 0. The molecule has 1 aromatic rings. The summed E-state index contributed by atoms with van der Waals surface area (Å²) >= 11 is 0. The highest BCUT2D eigenvalue weighted by Crippen LogP contribution is 2.22. The predicted octanol–water partition coefficient (Wildman–Crippen LogP) is 0.926. The summed E-state index contributed by atoms with van der Waals surface area (Å²) in [4.78, 5) is 13.8. The number of carbonyl (C=O) groups excluding carboxylic acids is 1. The lowest BCUT2D eigenvalue weighted by molar-refractivity contribution is 0.0530. The number of nitrogens with two attached hydrogens (primary N) is 1. The van der Waals surface area contributed by atoms with Crippen LogP contribution >= 0.6 is 0 Å². The Hall–Kier alpha value is -1.76. The fourth-order valence-electron chi connectivity index (χ4n) is 1.59. The number of carbonyl (C=O) groups is 1. The van der Waals surface area contributed by atoms with Crippen LogP contribution in [0.1, 0.15) is 17.3 Å². The van der Waals surface area contributed by atoms with Gasteiger partial charge in [0.15, 0.2) is 9.84 Å². The second-order valence-corrected chi connectivity index (χ2v) is 7.02. The van der Waals surface area contributed by atoms with E-state index in [1.165, 1.54) is 6.07 Å². The van der Waals surface area contributed by atoms with Crippen LogP contribution in [-0.2, 0) is 14.6 Å². The lowest BCUT2D eigenvalue weighted by Crippen LogP contribution is -2.19. The van der Waals surface area contributed by atoms with E-state index in [-0.39, 0.29) is 18.1 Å². The minimum Gasteiger partial charge on any atom is -0.461 e. The third-order valence-electron chi connectivity index (χ3n) is 2.79. The number of rotatable bonds is 6. The molecule has 0 saturated heterocycles. The second-order valence-electron chi connectivity index (χ2n) is 4.54. The number of nitrogens with zero attached hydrogens (tertiary/aromatic N) is 1. The van der Waals surface area contributed by atoms with Crippen LogP contribution in [0.4, 0.5) is 11.4 Å². The Kier molecular flexibility index (Phi) is 5.38. The highest BCUT2D eigenvalue weighted by Gasteiger charge is 2.16. The molecule has 20 heavy (non-hydrogen) atoms. The molecule has 0 heterocycles. The minimum atomic E-state index is -3.14. The molecule has 0 saturated carbocycles. The Bertz CT molecular complexity index is 582. The Morgan fingerprint density at radius 1 is 1.35 bits per heavy atom. The van der Waals surface area contributed by atoms with Gasteiger partial charge in [0.25, 0.3) is 0 Å². The van der Waals surface area contributed by atoms with Crippen molar-refractivity contribution in [3.63, 3.8) is 0 Å². The normalized spacial score (nSPS) is 11.2. The summed E-state index contributed by atoms with van der Waals surface area (Å²) in [5.74, 6) is -0.715. The Morgan fingerprint density at radius 3 is 2.55 bits per heavy atom. The molecular formula is C13H20N2O4S. The summed E-state index contributed by atoms with van der Waals surface area (Å²) in [5.41, 5.74) is 7.10. The van der Waals surface area contributed by atoms with Gasteiger partial charge in [0.2, 0.25) is 0 Å². The van der Waals surface area contributed by atoms with Crippen molar-refractivity contribution in [1.29, 1.82) is 0 Å². The van der Waals surface area contributed by atoms with Crippen molar-refractivity contribution in [2.24, 2.45) is 0 Å². The first-order chi connectivity index (χ1) is 9.26. The van der Waals surface area contributed by atoms with Gasteiger partial charge in [-0.2, -0.15) is 0 Å². The molecule has 0 unspecified atom stereocenters. The van der Waals surface area contributed by atoms with E-state index in [4.69, 9.17) is 10.5 Å². The molecule has 0 spiro atoms. The van der Waals surface area contributed by atoms with Gasteiger partial charge >= 0.3 is 5.97 Å². The monoisotopic (exact) mass is 300 g/mol. The van der Waals surface area contributed by atoms with Crippen molar-refractivity contribution >= 4 is 27.2 Å². The molecule has 0 bridgehead atoms. The summed E-state index contributed by atoms with van der Waals surface area (Å²) < 4.78 is 27.7. The van der Waals surface area contributed by atoms with E-state index >= 15 is 0 Å².